The molecule has 2 aromatic heterocycles. The Morgan fingerprint density at radius 1 is 1.06 bits per heavy atom. The Kier molecular flexibility index (Phi) is 5.40. The number of hydrogen-bond donors (Lipinski definition) is 2. The van der Waals surface area contributed by atoms with Crippen molar-refractivity contribution in [1.29, 1.82) is 0 Å². The number of nitrogens with zero attached hydrogens (tertiary/aromatic N) is 2. The zero-order valence-corrected chi connectivity index (χ0v) is 19.0. The Morgan fingerprint density at radius 3 is 2.59 bits per heavy atom. The summed E-state index contributed by atoms with van der Waals surface area (Å²) in [5.41, 5.74) is 2.38. The molecular formula is C24H17BrFN3O2S. The summed E-state index contributed by atoms with van der Waals surface area (Å²) in [5, 5.41) is 13.6. The summed E-state index contributed by atoms with van der Waals surface area (Å²) in [7, 11) is 0. The first kappa shape index (κ1) is 20.7. The van der Waals surface area contributed by atoms with E-state index in [-0.39, 0.29) is 23.7 Å². The van der Waals surface area contributed by atoms with Crippen LogP contribution in [0.3, 0.4) is 0 Å². The monoisotopic (exact) mass is 509 g/mol. The van der Waals surface area contributed by atoms with Gasteiger partial charge < -0.3 is 19.7 Å². The molecule has 0 radical (unpaired) electrons. The summed E-state index contributed by atoms with van der Waals surface area (Å²) < 4.78 is 20.4. The van der Waals surface area contributed by atoms with Crippen molar-refractivity contribution in [3.63, 3.8) is 0 Å². The number of aromatic hydroxyl groups is 1. The first-order valence-corrected chi connectivity index (χ1v) is 11.1. The third-order valence-electron chi connectivity index (χ3n) is 5.34. The van der Waals surface area contributed by atoms with Gasteiger partial charge in [0.1, 0.15) is 29.1 Å². The van der Waals surface area contributed by atoms with Gasteiger partial charge in [-0.05, 0) is 94.9 Å². The molecule has 0 spiro atoms. The second-order valence-corrected chi connectivity index (χ2v) is 8.58. The predicted molar refractivity (Wildman–Crippen MR) is 128 cm³/mol. The molecule has 1 fully saturated rings. The third-order valence-corrected chi connectivity index (χ3v) is 6.31. The number of phenolic OH excluding ortho intramolecular Hbond substituents is 1. The SMILES string of the molecule is Oc1ccc(N2C(=S)N[C@H](c3ccccn3)[C@@H]2c2ccc(-c3ccc(F)cc3Br)o2)cc1. The molecule has 8 heteroatoms. The maximum atomic E-state index is 13.5. The van der Waals surface area contributed by atoms with Crippen LogP contribution in [-0.4, -0.2) is 15.2 Å². The van der Waals surface area contributed by atoms with Gasteiger partial charge in [-0.3, -0.25) is 4.98 Å². The van der Waals surface area contributed by atoms with Crippen LogP contribution in [0.2, 0.25) is 0 Å². The highest BCUT2D eigenvalue weighted by Crippen LogP contribution is 2.43. The molecule has 3 heterocycles. The number of thiocarbonyl (C=S) groups is 1. The van der Waals surface area contributed by atoms with Crippen molar-refractivity contribution in [2.75, 3.05) is 4.90 Å². The molecule has 0 saturated carbocycles. The first-order valence-electron chi connectivity index (χ1n) is 9.86. The number of benzene rings is 2. The molecule has 2 atom stereocenters. The third kappa shape index (κ3) is 3.76. The molecule has 2 N–H and O–H groups in total. The van der Waals surface area contributed by atoms with Gasteiger partial charge in [-0.2, -0.15) is 0 Å². The number of anilines is 1. The van der Waals surface area contributed by atoms with Gasteiger partial charge in [0.05, 0.1) is 11.7 Å². The van der Waals surface area contributed by atoms with E-state index in [4.69, 9.17) is 16.6 Å². The summed E-state index contributed by atoms with van der Waals surface area (Å²) >= 11 is 9.09. The predicted octanol–water partition coefficient (Wildman–Crippen LogP) is 6.13. The molecule has 1 saturated heterocycles. The van der Waals surface area contributed by atoms with Crippen LogP contribution in [0.15, 0.2) is 87.9 Å². The molecule has 0 unspecified atom stereocenters. The maximum Gasteiger partial charge on any atom is 0.174 e. The summed E-state index contributed by atoms with van der Waals surface area (Å²) in [5.74, 6) is 1.12. The van der Waals surface area contributed by atoms with E-state index in [1.165, 1.54) is 12.1 Å². The van der Waals surface area contributed by atoms with Crippen LogP contribution < -0.4 is 10.2 Å². The van der Waals surface area contributed by atoms with Gasteiger partial charge in [-0.1, -0.05) is 6.07 Å². The Bertz CT molecular complexity index is 1280. The standard InChI is InChI=1S/C24H17BrFN3O2S/c25-18-13-14(26)4-9-17(18)20-10-11-21(31-20)23-22(19-3-1-2-12-27-19)28-24(32)29(23)15-5-7-16(30)8-6-15/h1-13,22-23,30H,(H,28,32)/t22-,23+/m1/s1. The van der Waals surface area contributed by atoms with Crippen molar-refractivity contribution < 1.29 is 13.9 Å². The van der Waals surface area contributed by atoms with E-state index in [9.17, 15) is 9.50 Å². The van der Waals surface area contributed by atoms with Crippen LogP contribution in [0.4, 0.5) is 10.1 Å². The molecule has 5 rings (SSSR count). The normalized spacial score (nSPS) is 18.1. The number of nitrogens with one attached hydrogen (secondary N) is 1. The molecule has 32 heavy (non-hydrogen) atoms. The van der Waals surface area contributed by atoms with Gasteiger partial charge in [-0.25, -0.2) is 4.39 Å². The minimum absolute atomic E-state index is 0.172. The quantitative estimate of drug-likeness (QED) is 0.323. The van der Waals surface area contributed by atoms with E-state index in [2.05, 4.69) is 26.2 Å². The fourth-order valence-corrected chi connectivity index (χ4v) is 4.77. The fraction of sp³-hybridized carbons (Fsp3) is 0.0833. The average molecular weight is 510 g/mol. The van der Waals surface area contributed by atoms with Gasteiger partial charge in [0.15, 0.2) is 5.11 Å². The Hall–Kier alpha value is -3.23. The topological polar surface area (TPSA) is 61.5 Å². The second kappa shape index (κ2) is 8.37. The summed E-state index contributed by atoms with van der Waals surface area (Å²) in [4.78, 5) is 6.48. The zero-order valence-electron chi connectivity index (χ0n) is 16.6. The lowest BCUT2D eigenvalue weighted by atomic mass is 10.0. The van der Waals surface area contributed by atoms with Gasteiger partial charge in [0.2, 0.25) is 0 Å². The second-order valence-electron chi connectivity index (χ2n) is 7.34. The number of halogens is 2. The lowest BCUT2D eigenvalue weighted by Gasteiger charge is -2.26. The molecule has 2 aromatic carbocycles. The van der Waals surface area contributed by atoms with Crippen molar-refractivity contribution in [3.05, 3.63) is 101 Å². The van der Waals surface area contributed by atoms with E-state index in [1.807, 2.05) is 35.2 Å². The molecule has 1 aliphatic rings. The number of rotatable bonds is 4. The van der Waals surface area contributed by atoms with Crippen molar-refractivity contribution in [2.45, 2.75) is 12.1 Å². The summed E-state index contributed by atoms with van der Waals surface area (Å²) in [6.45, 7) is 0. The Labute approximate surface area is 197 Å². The van der Waals surface area contributed by atoms with E-state index in [0.717, 1.165) is 16.9 Å². The largest absolute Gasteiger partial charge is 0.508 e. The zero-order chi connectivity index (χ0) is 22.2. The molecular weight excluding hydrogens is 493 g/mol. The first-order chi connectivity index (χ1) is 15.5. The number of aromatic nitrogens is 1. The number of phenols is 1. The van der Waals surface area contributed by atoms with Gasteiger partial charge in [0.25, 0.3) is 0 Å². The molecule has 4 aromatic rings. The number of furan rings is 1. The highest BCUT2D eigenvalue weighted by Gasteiger charge is 2.42. The lowest BCUT2D eigenvalue weighted by Crippen LogP contribution is -2.29. The van der Waals surface area contributed by atoms with Crippen molar-refractivity contribution >= 4 is 38.9 Å². The van der Waals surface area contributed by atoms with Crippen molar-refractivity contribution in [1.82, 2.24) is 10.3 Å². The minimum Gasteiger partial charge on any atom is -0.508 e. The van der Waals surface area contributed by atoms with Crippen LogP contribution in [0.1, 0.15) is 23.5 Å². The Morgan fingerprint density at radius 2 is 1.88 bits per heavy atom. The van der Waals surface area contributed by atoms with Crippen molar-refractivity contribution in [2.24, 2.45) is 0 Å². The molecule has 160 valence electrons. The van der Waals surface area contributed by atoms with E-state index in [0.29, 0.717) is 21.1 Å². The molecule has 0 bridgehead atoms. The highest BCUT2D eigenvalue weighted by molar-refractivity contribution is 9.10. The molecule has 5 nitrogen and oxygen atoms in total. The van der Waals surface area contributed by atoms with Crippen LogP contribution >= 0.6 is 28.1 Å². The minimum atomic E-state index is -0.327. The van der Waals surface area contributed by atoms with Crippen molar-refractivity contribution in [3.8, 4) is 17.1 Å². The average Bonchev–Trinajstić information content (AvgIpc) is 3.39. The molecule has 1 aliphatic heterocycles. The van der Waals surface area contributed by atoms with Crippen LogP contribution in [0.25, 0.3) is 11.3 Å². The van der Waals surface area contributed by atoms with E-state index < -0.39 is 0 Å². The smallest absolute Gasteiger partial charge is 0.174 e. The van der Waals surface area contributed by atoms with Crippen LogP contribution in [0.5, 0.6) is 5.75 Å². The van der Waals surface area contributed by atoms with Crippen LogP contribution in [-0.2, 0) is 0 Å². The Balaban J connectivity index is 1.60. The van der Waals surface area contributed by atoms with Gasteiger partial charge >= 0.3 is 0 Å². The van der Waals surface area contributed by atoms with Gasteiger partial charge in [0, 0.05) is 21.9 Å². The highest BCUT2D eigenvalue weighted by atomic mass is 79.9. The summed E-state index contributed by atoms with van der Waals surface area (Å²) in [6.07, 6.45) is 1.74. The molecule has 0 aliphatic carbocycles. The lowest BCUT2D eigenvalue weighted by molar-refractivity contribution is 0.439. The molecule has 0 amide bonds. The fourth-order valence-electron chi connectivity index (χ4n) is 3.88. The number of hydrogen-bond acceptors (Lipinski definition) is 4. The van der Waals surface area contributed by atoms with Crippen LogP contribution in [0, 0.1) is 5.82 Å². The maximum absolute atomic E-state index is 13.5. The van der Waals surface area contributed by atoms with E-state index in [1.54, 1.807) is 36.5 Å². The number of pyridine rings is 1. The summed E-state index contributed by atoms with van der Waals surface area (Å²) in [6, 6.07) is 20.2. The van der Waals surface area contributed by atoms with Gasteiger partial charge in [-0.15, -0.1) is 0 Å². The van der Waals surface area contributed by atoms with E-state index >= 15 is 0 Å².